The lowest BCUT2D eigenvalue weighted by Gasteiger charge is -2.51. The highest BCUT2D eigenvalue weighted by atomic mass is 28.5. The number of hydrogen-bond acceptors (Lipinski definition) is 11. The fourth-order valence-electron chi connectivity index (χ4n) is 5.38. The molecule has 0 N–H and O–H groups in total. The van der Waals surface area contributed by atoms with Crippen LogP contribution in [0.2, 0.25) is 22.2 Å². The molecule has 2 saturated heterocycles. The van der Waals surface area contributed by atoms with Gasteiger partial charge in [-0.25, -0.2) is 14.9 Å². The minimum Gasteiger partial charge on any atom is -0.414 e. The standard InChI is InChI=1S/C21H36N4O11Si2/c1-12(2)37(13(3)4)32-11-16-18(35-38(36-37,14(5)6)15(7)8)19(34-25(30)31)20(33-16)22-10-9-17(26)23(21(22)27)24(28)29/h9-10,12-16,18-20H,11H2,1-8H3/t16-,18-,19-,20-/m1/s1. The highest BCUT2D eigenvalue weighted by molar-refractivity contribution is 6.83. The van der Waals surface area contributed by atoms with E-state index in [1.807, 2.05) is 55.4 Å². The molecule has 0 unspecified atom stereocenters. The topological polar surface area (TPSA) is 176 Å². The van der Waals surface area contributed by atoms with Crippen LogP contribution in [0.25, 0.3) is 0 Å². The summed E-state index contributed by atoms with van der Waals surface area (Å²) >= 11 is 0. The van der Waals surface area contributed by atoms with Crippen LogP contribution in [-0.4, -0.2) is 61.4 Å². The summed E-state index contributed by atoms with van der Waals surface area (Å²) in [6, 6.07) is 0.800. The maximum Gasteiger partial charge on any atom is 0.394 e. The van der Waals surface area contributed by atoms with Crippen molar-refractivity contribution in [3.05, 3.63) is 53.3 Å². The summed E-state index contributed by atoms with van der Waals surface area (Å²) in [5.41, 5.74) is -2.68. The van der Waals surface area contributed by atoms with Crippen molar-refractivity contribution in [1.82, 2.24) is 9.24 Å². The van der Waals surface area contributed by atoms with Gasteiger partial charge in [-0.3, -0.25) is 9.36 Å². The minimum absolute atomic E-state index is 0.0290. The maximum atomic E-state index is 12.9. The van der Waals surface area contributed by atoms with E-state index >= 15 is 0 Å². The smallest absolute Gasteiger partial charge is 0.394 e. The Balaban J connectivity index is 2.21. The third kappa shape index (κ3) is 5.09. The molecule has 3 rings (SSSR count). The zero-order chi connectivity index (χ0) is 28.7. The van der Waals surface area contributed by atoms with Crippen molar-refractivity contribution < 1.29 is 32.7 Å². The number of rotatable bonds is 8. The van der Waals surface area contributed by atoms with Crippen molar-refractivity contribution in [2.75, 3.05) is 6.61 Å². The van der Waals surface area contributed by atoms with Crippen molar-refractivity contribution in [2.24, 2.45) is 0 Å². The Morgan fingerprint density at radius 3 is 2.00 bits per heavy atom. The second-order valence-corrected chi connectivity index (χ2v) is 19.7. The van der Waals surface area contributed by atoms with Gasteiger partial charge in [-0.2, -0.15) is 0 Å². The fraction of sp³-hybridized carbons (Fsp3) is 0.810. The number of fused-ring (bicyclic) bond motifs is 1. The molecule has 2 fully saturated rings. The average Bonchev–Trinajstić information content (AvgIpc) is 3.08. The first-order valence-electron chi connectivity index (χ1n) is 12.6. The molecule has 15 nitrogen and oxygen atoms in total. The zero-order valence-electron chi connectivity index (χ0n) is 22.8. The predicted molar refractivity (Wildman–Crippen MR) is 137 cm³/mol. The Morgan fingerprint density at radius 1 is 0.974 bits per heavy atom. The van der Waals surface area contributed by atoms with E-state index in [0.29, 0.717) is 0 Å². The molecule has 2 aliphatic heterocycles. The van der Waals surface area contributed by atoms with E-state index in [1.54, 1.807) is 0 Å². The summed E-state index contributed by atoms with van der Waals surface area (Å²) in [5.74, 6) is 0. The first kappa shape index (κ1) is 30.1. The second-order valence-electron chi connectivity index (χ2n) is 10.8. The molecule has 0 bridgehead atoms. The van der Waals surface area contributed by atoms with Gasteiger partial charge in [-0.05, 0) is 22.2 Å². The molecule has 17 heteroatoms. The van der Waals surface area contributed by atoms with Crippen molar-refractivity contribution >= 4 is 17.1 Å². The van der Waals surface area contributed by atoms with Gasteiger partial charge in [0.05, 0.1) is 6.61 Å². The molecule has 1 aromatic rings. The first-order valence-corrected chi connectivity index (χ1v) is 16.5. The van der Waals surface area contributed by atoms with Crippen LogP contribution < -0.4 is 11.2 Å². The van der Waals surface area contributed by atoms with Crippen molar-refractivity contribution in [3.63, 3.8) is 0 Å². The van der Waals surface area contributed by atoms with Crippen molar-refractivity contribution in [3.8, 4) is 0 Å². The molecular weight excluding hydrogens is 540 g/mol. The lowest BCUT2D eigenvalue weighted by Crippen LogP contribution is -2.66. The van der Waals surface area contributed by atoms with Crippen LogP contribution >= 0.6 is 0 Å². The Hall–Kier alpha value is -2.45. The summed E-state index contributed by atoms with van der Waals surface area (Å²) in [4.78, 5) is 52.8. The fourth-order valence-corrected chi connectivity index (χ4v) is 16.6. The minimum atomic E-state index is -3.24. The first-order chi connectivity index (χ1) is 17.6. The number of ether oxygens (including phenoxy) is 1. The van der Waals surface area contributed by atoms with E-state index in [4.69, 9.17) is 22.5 Å². The van der Waals surface area contributed by atoms with E-state index in [-0.39, 0.29) is 33.4 Å². The molecule has 0 spiro atoms. The van der Waals surface area contributed by atoms with E-state index < -0.39 is 63.0 Å². The average molecular weight is 577 g/mol. The van der Waals surface area contributed by atoms with E-state index in [2.05, 4.69) is 0 Å². The monoisotopic (exact) mass is 576 g/mol. The van der Waals surface area contributed by atoms with Gasteiger partial charge in [0.15, 0.2) is 17.4 Å². The van der Waals surface area contributed by atoms with Gasteiger partial charge in [-0.1, -0.05) is 55.4 Å². The van der Waals surface area contributed by atoms with E-state index in [1.165, 1.54) is 0 Å². The van der Waals surface area contributed by atoms with Crippen LogP contribution in [0.3, 0.4) is 0 Å². The molecule has 38 heavy (non-hydrogen) atoms. The quantitative estimate of drug-likeness (QED) is 0.252. The van der Waals surface area contributed by atoms with Gasteiger partial charge in [0, 0.05) is 16.9 Å². The SMILES string of the molecule is CC(C)[Si]1(C(C)C)OC[C@H]2O[C@@H](n3ccc(=O)n([N+](=O)[O-])c3=O)[C@H](O[N+](=O)[O-])[C@@H]2O[Si](C(C)C)(C(C)C)O1. The Labute approximate surface area is 221 Å². The van der Waals surface area contributed by atoms with Gasteiger partial charge in [-0.15, -0.1) is 10.1 Å². The molecule has 1 aromatic heterocycles. The molecule has 0 amide bonds. The molecule has 0 aromatic carbocycles. The highest BCUT2D eigenvalue weighted by Gasteiger charge is 2.62. The molecule has 4 atom stereocenters. The molecule has 214 valence electrons. The Kier molecular flexibility index (Phi) is 8.69. The Bertz CT molecular complexity index is 1150. The van der Waals surface area contributed by atoms with Crippen LogP contribution in [0.15, 0.2) is 21.9 Å². The van der Waals surface area contributed by atoms with Crippen molar-refractivity contribution in [2.45, 2.75) is 102 Å². The van der Waals surface area contributed by atoms with Gasteiger partial charge in [0.25, 0.3) is 5.09 Å². The van der Waals surface area contributed by atoms with Crippen LogP contribution in [0.4, 0.5) is 0 Å². The van der Waals surface area contributed by atoms with Gasteiger partial charge in [0.1, 0.15) is 12.2 Å². The van der Waals surface area contributed by atoms with E-state index in [9.17, 15) is 29.8 Å². The van der Waals surface area contributed by atoms with Gasteiger partial charge < -0.3 is 22.5 Å². The summed E-state index contributed by atoms with van der Waals surface area (Å²) in [6.07, 6.45) is -4.06. The van der Waals surface area contributed by atoms with Gasteiger partial charge in [0.2, 0.25) is 0 Å². The van der Waals surface area contributed by atoms with Crippen LogP contribution in [0.5, 0.6) is 0 Å². The number of nitro groups is 1. The number of aromatic nitrogens is 2. The third-order valence-corrected chi connectivity index (χ3v) is 17.5. The summed E-state index contributed by atoms with van der Waals surface area (Å²) < 4.78 is 27.0. The molecule has 0 saturated carbocycles. The highest BCUT2D eigenvalue weighted by Crippen LogP contribution is 2.48. The molecule has 2 aliphatic rings. The van der Waals surface area contributed by atoms with Crippen LogP contribution in [-0.2, 0) is 22.5 Å². The summed E-state index contributed by atoms with van der Waals surface area (Å²) in [5, 5.41) is 20.7. The summed E-state index contributed by atoms with van der Waals surface area (Å²) in [6.45, 7) is 15.9. The second kappa shape index (κ2) is 11.0. The van der Waals surface area contributed by atoms with Crippen LogP contribution in [0, 0.1) is 20.2 Å². The van der Waals surface area contributed by atoms with Crippen molar-refractivity contribution in [1.29, 1.82) is 0 Å². The summed E-state index contributed by atoms with van der Waals surface area (Å²) in [7, 11) is -6.20. The molecular formula is C21H36N4O11Si2. The predicted octanol–water partition coefficient (Wildman–Crippen LogP) is 2.48. The number of hydrogen-bond donors (Lipinski definition) is 0. The normalized spacial score (nSPS) is 26.8. The third-order valence-electron chi connectivity index (χ3n) is 7.25. The Morgan fingerprint density at radius 2 is 1.53 bits per heavy atom. The largest absolute Gasteiger partial charge is 0.414 e. The van der Waals surface area contributed by atoms with E-state index in [0.717, 1.165) is 16.8 Å². The molecule has 0 aliphatic carbocycles. The molecule has 3 heterocycles. The van der Waals surface area contributed by atoms with Crippen LogP contribution in [0.1, 0.15) is 61.6 Å². The number of nitrogens with zero attached hydrogens (tertiary/aromatic N) is 4. The van der Waals surface area contributed by atoms with Gasteiger partial charge >= 0.3 is 28.4 Å². The maximum absolute atomic E-state index is 12.9. The lowest BCUT2D eigenvalue weighted by atomic mass is 10.1. The lowest BCUT2D eigenvalue weighted by molar-refractivity contribution is -0.772. The zero-order valence-corrected chi connectivity index (χ0v) is 24.8. The molecule has 0 radical (unpaired) electrons.